The van der Waals surface area contributed by atoms with Gasteiger partial charge in [-0.25, -0.2) is 0 Å². The number of hydrogen-bond donors (Lipinski definition) is 2. The molecule has 3 heteroatoms. The van der Waals surface area contributed by atoms with Gasteiger partial charge in [0.15, 0.2) is 0 Å². The van der Waals surface area contributed by atoms with Crippen molar-refractivity contribution in [2.75, 3.05) is 11.9 Å². The number of rotatable bonds is 5. The summed E-state index contributed by atoms with van der Waals surface area (Å²) in [5.41, 5.74) is 4.87. The molecule has 1 aliphatic carbocycles. The van der Waals surface area contributed by atoms with Gasteiger partial charge in [0, 0.05) is 25.2 Å². The molecule has 0 bridgehead atoms. The molecule has 3 rings (SSSR count). The lowest BCUT2D eigenvalue weighted by Gasteiger charge is -2.25. The largest absolute Gasteiger partial charge is 0.326 e. The Balaban J connectivity index is 1.54. The van der Waals surface area contributed by atoms with Gasteiger partial charge in [0.05, 0.1) is 0 Å². The predicted molar refractivity (Wildman–Crippen MR) is 100 cm³/mol. The molecule has 0 fully saturated rings. The van der Waals surface area contributed by atoms with Crippen LogP contribution < -0.4 is 10.6 Å². The van der Waals surface area contributed by atoms with E-state index in [1.165, 1.54) is 16.7 Å². The highest BCUT2D eigenvalue weighted by molar-refractivity contribution is 5.88. The molecule has 24 heavy (non-hydrogen) atoms. The Labute approximate surface area is 143 Å². The van der Waals surface area contributed by atoms with Crippen molar-refractivity contribution < 1.29 is 4.79 Å². The Bertz CT molecular complexity index is 722. The van der Waals surface area contributed by atoms with E-state index in [1.54, 1.807) is 6.92 Å². The van der Waals surface area contributed by atoms with Crippen LogP contribution in [0.2, 0.25) is 0 Å². The second-order valence-corrected chi connectivity index (χ2v) is 6.33. The molecular weight excluding hydrogens is 296 g/mol. The van der Waals surface area contributed by atoms with Crippen molar-refractivity contribution in [3.63, 3.8) is 0 Å². The summed E-state index contributed by atoms with van der Waals surface area (Å²) in [4.78, 5) is 11.2. The smallest absolute Gasteiger partial charge is 0.221 e. The van der Waals surface area contributed by atoms with Gasteiger partial charge in [-0.15, -0.1) is 0 Å². The zero-order valence-electron chi connectivity index (χ0n) is 14.1. The van der Waals surface area contributed by atoms with Gasteiger partial charge < -0.3 is 10.6 Å². The monoisotopic (exact) mass is 320 g/mol. The minimum atomic E-state index is -0.0218. The topological polar surface area (TPSA) is 41.1 Å². The third kappa shape index (κ3) is 4.56. The number of aryl methyl sites for hydroxylation is 1. The van der Waals surface area contributed by atoms with Gasteiger partial charge in [0.2, 0.25) is 5.91 Å². The molecule has 0 aliphatic heterocycles. The maximum atomic E-state index is 11.2. The molecule has 124 valence electrons. The molecule has 1 amide bonds. The number of amides is 1. The van der Waals surface area contributed by atoms with Crippen molar-refractivity contribution in [1.29, 1.82) is 0 Å². The molecular formula is C21H24N2O. The molecule has 0 saturated carbocycles. The van der Waals surface area contributed by atoms with Crippen LogP contribution >= 0.6 is 0 Å². The van der Waals surface area contributed by atoms with Crippen LogP contribution in [0.15, 0.2) is 54.6 Å². The number of nitrogens with one attached hydrogen (secondary N) is 2. The molecule has 0 aromatic heterocycles. The van der Waals surface area contributed by atoms with Gasteiger partial charge in [-0.1, -0.05) is 48.6 Å². The van der Waals surface area contributed by atoms with E-state index in [-0.39, 0.29) is 5.91 Å². The predicted octanol–water partition coefficient (Wildman–Crippen LogP) is 3.81. The summed E-state index contributed by atoms with van der Waals surface area (Å²) in [5, 5.41) is 6.49. The van der Waals surface area contributed by atoms with Crippen molar-refractivity contribution in [2.45, 2.75) is 32.2 Å². The van der Waals surface area contributed by atoms with Crippen LogP contribution in [-0.4, -0.2) is 18.5 Å². The average molecular weight is 320 g/mol. The second kappa shape index (κ2) is 7.93. The first-order valence-corrected chi connectivity index (χ1v) is 8.55. The zero-order valence-corrected chi connectivity index (χ0v) is 14.1. The minimum absolute atomic E-state index is 0.0218. The maximum Gasteiger partial charge on any atom is 0.221 e. The molecule has 0 saturated heterocycles. The standard InChI is InChI=1S/C21H24N2O/c1-16(24)23-21-12-10-18-9-11-20(14-19(18)15-21)22-13-5-8-17-6-3-2-4-7-17/h2-8,10,12,15,20,22H,9,11,13-14H2,1H3,(H,23,24). The number of fused-ring (bicyclic) bond motifs is 1. The summed E-state index contributed by atoms with van der Waals surface area (Å²) in [7, 11) is 0. The molecule has 2 aromatic carbocycles. The summed E-state index contributed by atoms with van der Waals surface area (Å²) >= 11 is 0. The van der Waals surface area contributed by atoms with E-state index in [9.17, 15) is 4.79 Å². The van der Waals surface area contributed by atoms with Crippen molar-refractivity contribution in [2.24, 2.45) is 0 Å². The Morgan fingerprint density at radius 3 is 2.79 bits per heavy atom. The van der Waals surface area contributed by atoms with Gasteiger partial charge in [-0.2, -0.15) is 0 Å². The average Bonchev–Trinajstić information content (AvgIpc) is 2.59. The minimum Gasteiger partial charge on any atom is -0.326 e. The Kier molecular flexibility index (Phi) is 5.44. The summed E-state index contributed by atoms with van der Waals surface area (Å²) in [6.45, 7) is 2.42. The van der Waals surface area contributed by atoms with Gasteiger partial charge in [0.25, 0.3) is 0 Å². The van der Waals surface area contributed by atoms with Gasteiger partial charge in [-0.05, 0) is 48.1 Å². The van der Waals surface area contributed by atoms with Crippen molar-refractivity contribution in [3.05, 3.63) is 71.3 Å². The number of carbonyl (C=O) groups excluding carboxylic acids is 1. The first kappa shape index (κ1) is 16.5. The van der Waals surface area contributed by atoms with E-state index >= 15 is 0 Å². The molecule has 1 aliphatic rings. The molecule has 1 atom stereocenters. The first-order valence-electron chi connectivity index (χ1n) is 8.55. The number of hydrogen-bond acceptors (Lipinski definition) is 2. The first-order chi connectivity index (χ1) is 11.7. The quantitative estimate of drug-likeness (QED) is 0.879. The van der Waals surface area contributed by atoms with Crippen LogP contribution in [0.5, 0.6) is 0 Å². The molecule has 3 nitrogen and oxygen atoms in total. The number of benzene rings is 2. The Morgan fingerprint density at radius 1 is 1.17 bits per heavy atom. The molecule has 1 unspecified atom stereocenters. The molecule has 0 radical (unpaired) electrons. The van der Waals surface area contributed by atoms with Crippen LogP contribution in [0.25, 0.3) is 6.08 Å². The van der Waals surface area contributed by atoms with Crippen LogP contribution in [0, 0.1) is 0 Å². The third-order valence-corrected chi connectivity index (χ3v) is 4.39. The highest BCUT2D eigenvalue weighted by Gasteiger charge is 2.18. The van der Waals surface area contributed by atoms with Gasteiger partial charge >= 0.3 is 0 Å². The normalized spacial score (nSPS) is 16.8. The third-order valence-electron chi connectivity index (χ3n) is 4.39. The Hall–Kier alpha value is -2.39. The summed E-state index contributed by atoms with van der Waals surface area (Å²) < 4.78 is 0. The van der Waals surface area contributed by atoms with E-state index in [1.807, 2.05) is 12.1 Å². The van der Waals surface area contributed by atoms with E-state index in [4.69, 9.17) is 0 Å². The highest BCUT2D eigenvalue weighted by Crippen LogP contribution is 2.24. The van der Waals surface area contributed by atoms with E-state index < -0.39 is 0 Å². The Morgan fingerprint density at radius 2 is 2.00 bits per heavy atom. The lowest BCUT2D eigenvalue weighted by molar-refractivity contribution is -0.114. The zero-order chi connectivity index (χ0) is 16.8. The molecule has 0 spiro atoms. The SMILES string of the molecule is CC(=O)Nc1ccc2c(c1)CC(NCC=Cc1ccccc1)CC2. The van der Waals surface area contributed by atoms with Crippen LogP contribution in [-0.2, 0) is 17.6 Å². The van der Waals surface area contributed by atoms with Crippen LogP contribution in [0.1, 0.15) is 30.0 Å². The fraction of sp³-hybridized carbons (Fsp3) is 0.286. The fourth-order valence-electron chi connectivity index (χ4n) is 3.21. The van der Waals surface area contributed by atoms with Gasteiger partial charge in [-0.3, -0.25) is 4.79 Å². The number of anilines is 1. The van der Waals surface area contributed by atoms with E-state index in [0.717, 1.165) is 31.5 Å². The van der Waals surface area contributed by atoms with Crippen molar-refractivity contribution >= 4 is 17.7 Å². The summed E-state index contributed by atoms with van der Waals surface area (Å²) in [6.07, 6.45) is 7.60. The lowest BCUT2D eigenvalue weighted by Crippen LogP contribution is -2.34. The summed E-state index contributed by atoms with van der Waals surface area (Å²) in [6, 6.07) is 17.1. The van der Waals surface area contributed by atoms with Crippen molar-refractivity contribution in [3.8, 4) is 0 Å². The highest BCUT2D eigenvalue weighted by atomic mass is 16.1. The molecule has 2 aromatic rings. The molecule has 2 N–H and O–H groups in total. The number of carbonyl (C=O) groups is 1. The molecule has 0 heterocycles. The van der Waals surface area contributed by atoms with Crippen molar-refractivity contribution in [1.82, 2.24) is 5.32 Å². The summed E-state index contributed by atoms with van der Waals surface area (Å²) in [5.74, 6) is -0.0218. The van der Waals surface area contributed by atoms with E-state index in [0.29, 0.717) is 6.04 Å². The van der Waals surface area contributed by atoms with Crippen LogP contribution in [0.3, 0.4) is 0 Å². The fourth-order valence-corrected chi connectivity index (χ4v) is 3.21. The van der Waals surface area contributed by atoms with Gasteiger partial charge in [0.1, 0.15) is 0 Å². The maximum absolute atomic E-state index is 11.2. The second-order valence-electron chi connectivity index (χ2n) is 6.33. The van der Waals surface area contributed by atoms with E-state index in [2.05, 4.69) is 59.2 Å². The van der Waals surface area contributed by atoms with Crippen LogP contribution in [0.4, 0.5) is 5.69 Å². The lowest BCUT2D eigenvalue weighted by atomic mass is 9.88.